The predicted molar refractivity (Wildman–Crippen MR) is 86.0 cm³/mol. The maximum atomic E-state index is 13.8. The van der Waals surface area contributed by atoms with E-state index in [9.17, 15) is 22.4 Å². The van der Waals surface area contributed by atoms with Crippen LogP contribution in [0.3, 0.4) is 0 Å². The molecule has 1 amide bonds. The third kappa shape index (κ3) is 3.03. The van der Waals surface area contributed by atoms with Crippen LogP contribution in [0, 0.1) is 5.82 Å². The molecular weight excluding hydrogens is 366 g/mol. The number of halogens is 4. The molecule has 1 N–H and O–H groups in total. The van der Waals surface area contributed by atoms with Crippen LogP contribution < -0.4 is 5.32 Å². The molecular formula is C17H11F4N5O. The average Bonchev–Trinajstić information content (AvgIpc) is 3.06. The van der Waals surface area contributed by atoms with E-state index in [1.165, 1.54) is 23.0 Å². The first-order valence-electron chi connectivity index (χ1n) is 7.90. The second kappa shape index (κ2) is 6.15. The summed E-state index contributed by atoms with van der Waals surface area (Å²) >= 11 is 0. The number of amides is 1. The Bertz CT molecular complexity index is 1040. The third-order valence-electron chi connectivity index (χ3n) is 4.08. The number of aromatic nitrogens is 4. The molecule has 2 aromatic heterocycles. The van der Waals surface area contributed by atoms with Crippen molar-refractivity contribution >= 4 is 5.91 Å². The lowest BCUT2D eigenvalue weighted by atomic mass is 10.1. The van der Waals surface area contributed by atoms with Crippen molar-refractivity contribution < 1.29 is 22.4 Å². The van der Waals surface area contributed by atoms with Crippen LogP contribution in [-0.2, 0) is 12.7 Å². The van der Waals surface area contributed by atoms with Crippen molar-refractivity contribution in [2.24, 2.45) is 0 Å². The Morgan fingerprint density at radius 2 is 1.96 bits per heavy atom. The van der Waals surface area contributed by atoms with Gasteiger partial charge >= 0.3 is 6.18 Å². The molecule has 3 aromatic rings. The molecule has 6 nitrogen and oxygen atoms in total. The van der Waals surface area contributed by atoms with E-state index >= 15 is 0 Å². The van der Waals surface area contributed by atoms with E-state index in [-0.39, 0.29) is 17.4 Å². The lowest BCUT2D eigenvalue weighted by molar-refractivity contribution is -0.139. The molecule has 1 aromatic carbocycles. The van der Waals surface area contributed by atoms with Crippen molar-refractivity contribution in [3.05, 3.63) is 53.6 Å². The Hall–Kier alpha value is -3.30. The lowest BCUT2D eigenvalue weighted by Gasteiger charge is -2.13. The number of fused-ring (bicyclic) bond motifs is 1. The first-order valence-corrected chi connectivity index (χ1v) is 7.90. The number of rotatable bonds is 2. The van der Waals surface area contributed by atoms with Crippen molar-refractivity contribution in [2.45, 2.75) is 12.7 Å². The number of alkyl halides is 3. The largest absolute Gasteiger partial charge is 0.419 e. The number of hydrogen-bond acceptors (Lipinski definition) is 4. The Balaban J connectivity index is 1.82. The van der Waals surface area contributed by atoms with Gasteiger partial charge in [0.2, 0.25) is 0 Å². The van der Waals surface area contributed by atoms with Crippen LogP contribution in [0.2, 0.25) is 0 Å². The smallest absolute Gasteiger partial charge is 0.349 e. The summed E-state index contributed by atoms with van der Waals surface area (Å²) in [7, 11) is 0. The molecule has 1 aliphatic rings. The summed E-state index contributed by atoms with van der Waals surface area (Å²) in [6.07, 6.45) is -3.63. The Morgan fingerprint density at radius 3 is 2.70 bits per heavy atom. The molecule has 4 rings (SSSR count). The van der Waals surface area contributed by atoms with Gasteiger partial charge in [0.25, 0.3) is 5.91 Å². The van der Waals surface area contributed by atoms with Gasteiger partial charge in [0.1, 0.15) is 22.8 Å². The van der Waals surface area contributed by atoms with Gasteiger partial charge in [-0.1, -0.05) is 12.1 Å². The SMILES string of the molecule is O=C1NCCn2nc(-c3ccnc(-c4cccc(F)c4C(F)(F)F)n3)cc21. The molecule has 0 atom stereocenters. The zero-order chi connectivity index (χ0) is 19.2. The van der Waals surface area contributed by atoms with E-state index in [0.29, 0.717) is 24.5 Å². The molecule has 0 radical (unpaired) electrons. The van der Waals surface area contributed by atoms with Gasteiger partial charge in [0.05, 0.1) is 12.2 Å². The van der Waals surface area contributed by atoms with Crippen molar-refractivity contribution in [1.29, 1.82) is 0 Å². The highest BCUT2D eigenvalue weighted by Crippen LogP contribution is 2.38. The van der Waals surface area contributed by atoms with Gasteiger partial charge in [-0.3, -0.25) is 9.48 Å². The summed E-state index contributed by atoms with van der Waals surface area (Å²) in [5.74, 6) is -1.98. The van der Waals surface area contributed by atoms with E-state index < -0.39 is 23.1 Å². The molecule has 0 spiro atoms. The van der Waals surface area contributed by atoms with Crippen LogP contribution in [0.5, 0.6) is 0 Å². The van der Waals surface area contributed by atoms with E-state index in [2.05, 4.69) is 20.4 Å². The fourth-order valence-corrected chi connectivity index (χ4v) is 2.89. The summed E-state index contributed by atoms with van der Waals surface area (Å²) in [6.45, 7) is 0.904. The van der Waals surface area contributed by atoms with E-state index in [1.807, 2.05) is 0 Å². The maximum Gasteiger partial charge on any atom is 0.419 e. The second-order valence-corrected chi connectivity index (χ2v) is 5.82. The number of nitrogens with zero attached hydrogens (tertiary/aromatic N) is 4. The number of carbonyl (C=O) groups excluding carboxylic acids is 1. The number of carbonyl (C=O) groups is 1. The van der Waals surface area contributed by atoms with Gasteiger partial charge in [-0.05, 0) is 18.2 Å². The molecule has 138 valence electrons. The van der Waals surface area contributed by atoms with Gasteiger partial charge < -0.3 is 5.32 Å². The molecule has 10 heteroatoms. The van der Waals surface area contributed by atoms with E-state index in [0.717, 1.165) is 18.2 Å². The number of benzene rings is 1. The molecule has 3 heterocycles. The van der Waals surface area contributed by atoms with Crippen LogP contribution in [-0.4, -0.2) is 32.2 Å². The second-order valence-electron chi connectivity index (χ2n) is 5.82. The van der Waals surface area contributed by atoms with Crippen LogP contribution in [0.1, 0.15) is 16.1 Å². The monoisotopic (exact) mass is 377 g/mol. The van der Waals surface area contributed by atoms with Gasteiger partial charge in [-0.15, -0.1) is 0 Å². The quantitative estimate of drug-likeness (QED) is 0.697. The van der Waals surface area contributed by atoms with Crippen LogP contribution in [0.15, 0.2) is 36.5 Å². The molecule has 1 aliphatic heterocycles. The fraction of sp³-hybridized carbons (Fsp3) is 0.176. The van der Waals surface area contributed by atoms with Crippen molar-refractivity contribution in [3.8, 4) is 22.8 Å². The summed E-state index contributed by atoms with van der Waals surface area (Å²) in [6, 6.07) is 5.96. The minimum absolute atomic E-state index is 0.229. The van der Waals surface area contributed by atoms with Crippen LogP contribution in [0.4, 0.5) is 17.6 Å². The summed E-state index contributed by atoms with van der Waals surface area (Å²) < 4.78 is 55.1. The first-order chi connectivity index (χ1) is 12.8. The van der Waals surface area contributed by atoms with Crippen molar-refractivity contribution in [2.75, 3.05) is 6.54 Å². The van der Waals surface area contributed by atoms with Gasteiger partial charge in [0.15, 0.2) is 5.82 Å². The number of nitrogens with one attached hydrogen (secondary N) is 1. The summed E-state index contributed by atoms with van der Waals surface area (Å²) in [5, 5.41) is 6.94. The Morgan fingerprint density at radius 1 is 1.15 bits per heavy atom. The lowest BCUT2D eigenvalue weighted by Crippen LogP contribution is -2.35. The molecule has 27 heavy (non-hydrogen) atoms. The fourth-order valence-electron chi connectivity index (χ4n) is 2.89. The van der Waals surface area contributed by atoms with E-state index in [4.69, 9.17) is 0 Å². The summed E-state index contributed by atoms with van der Waals surface area (Å²) in [4.78, 5) is 19.8. The maximum absolute atomic E-state index is 13.8. The van der Waals surface area contributed by atoms with Gasteiger partial charge in [-0.25, -0.2) is 14.4 Å². The average molecular weight is 377 g/mol. The van der Waals surface area contributed by atoms with Crippen LogP contribution in [0.25, 0.3) is 22.8 Å². The van der Waals surface area contributed by atoms with Crippen molar-refractivity contribution in [3.63, 3.8) is 0 Å². The minimum Gasteiger partial charge on any atom is -0.349 e. The molecule has 0 unspecified atom stereocenters. The Kier molecular flexibility index (Phi) is 3.90. The first kappa shape index (κ1) is 17.1. The normalized spacial score (nSPS) is 14.0. The highest BCUT2D eigenvalue weighted by Gasteiger charge is 2.37. The topological polar surface area (TPSA) is 72.7 Å². The highest BCUT2D eigenvalue weighted by molar-refractivity contribution is 5.94. The third-order valence-corrected chi connectivity index (χ3v) is 4.08. The van der Waals surface area contributed by atoms with Gasteiger partial charge in [-0.2, -0.15) is 18.3 Å². The van der Waals surface area contributed by atoms with E-state index in [1.54, 1.807) is 0 Å². The highest BCUT2D eigenvalue weighted by atomic mass is 19.4. The molecule has 0 fully saturated rings. The molecule has 0 saturated carbocycles. The Labute approximate surface area is 149 Å². The van der Waals surface area contributed by atoms with Crippen molar-refractivity contribution in [1.82, 2.24) is 25.1 Å². The summed E-state index contributed by atoms with van der Waals surface area (Å²) in [5.41, 5.74) is -1.02. The van der Waals surface area contributed by atoms with Crippen LogP contribution >= 0.6 is 0 Å². The zero-order valence-electron chi connectivity index (χ0n) is 13.6. The standard InChI is InChI=1S/C17H11F4N5O/c18-10-3-1-2-9(14(10)17(19,20)21)15-22-5-4-11(24-15)12-8-13-16(27)23-6-7-26(13)25-12/h1-5,8H,6-7H2,(H,23,27). The number of hydrogen-bond donors (Lipinski definition) is 1. The molecule has 0 saturated heterocycles. The molecule has 0 aliphatic carbocycles. The predicted octanol–water partition coefficient (Wildman–Crippen LogP) is 2.91. The van der Waals surface area contributed by atoms with Gasteiger partial charge in [0, 0.05) is 18.3 Å². The zero-order valence-corrected chi connectivity index (χ0v) is 13.6. The molecule has 0 bridgehead atoms. The minimum atomic E-state index is -4.90.